The fraction of sp³-hybridized carbons (Fsp3) is 0.400. The maximum absolute atomic E-state index is 13.0. The summed E-state index contributed by atoms with van der Waals surface area (Å²) in [6, 6.07) is 9.94. The van der Waals surface area contributed by atoms with Crippen molar-refractivity contribution in [1.82, 2.24) is 4.31 Å². The molecular weight excluding hydrogens is 382 g/mol. The molecule has 0 aliphatic heterocycles. The summed E-state index contributed by atoms with van der Waals surface area (Å²) in [4.78, 5) is 0.141. The van der Waals surface area contributed by atoms with Gasteiger partial charge in [0.1, 0.15) is 0 Å². The molecule has 0 radical (unpaired) electrons. The summed E-state index contributed by atoms with van der Waals surface area (Å²) in [6.07, 6.45) is 0. The highest BCUT2D eigenvalue weighted by molar-refractivity contribution is 7.89. The van der Waals surface area contributed by atoms with Crippen LogP contribution in [0.5, 0.6) is 23.0 Å². The Hall–Kier alpha value is -2.45. The number of methoxy groups -OCH3 is 2. The van der Waals surface area contributed by atoms with Gasteiger partial charge in [0.25, 0.3) is 0 Å². The quantitative estimate of drug-likeness (QED) is 0.599. The second kappa shape index (κ2) is 9.66. The van der Waals surface area contributed by atoms with Crippen molar-refractivity contribution in [3.8, 4) is 23.0 Å². The summed E-state index contributed by atoms with van der Waals surface area (Å²) in [5.41, 5.74) is 0.777. The second-order valence-electron chi connectivity index (χ2n) is 5.92. The first kappa shape index (κ1) is 21.8. The molecule has 0 bridgehead atoms. The molecule has 0 unspecified atom stereocenters. The van der Waals surface area contributed by atoms with Gasteiger partial charge < -0.3 is 18.9 Å². The maximum Gasteiger partial charge on any atom is 0.243 e. The van der Waals surface area contributed by atoms with Crippen LogP contribution in [0.3, 0.4) is 0 Å². The van der Waals surface area contributed by atoms with Crippen LogP contribution in [0.1, 0.15) is 19.4 Å². The van der Waals surface area contributed by atoms with Gasteiger partial charge in [-0.15, -0.1) is 0 Å². The molecule has 2 aromatic rings. The average molecular weight is 410 g/mol. The topological polar surface area (TPSA) is 74.3 Å². The monoisotopic (exact) mass is 409 g/mol. The lowest BCUT2D eigenvalue weighted by Crippen LogP contribution is -2.26. The Morgan fingerprint density at radius 3 is 2.04 bits per heavy atom. The molecule has 154 valence electrons. The van der Waals surface area contributed by atoms with Crippen molar-refractivity contribution < 1.29 is 27.4 Å². The molecule has 0 saturated heterocycles. The van der Waals surface area contributed by atoms with Gasteiger partial charge in [0, 0.05) is 19.7 Å². The van der Waals surface area contributed by atoms with Gasteiger partial charge in [-0.25, -0.2) is 8.42 Å². The molecule has 0 atom stereocenters. The van der Waals surface area contributed by atoms with Crippen molar-refractivity contribution in [2.75, 3.05) is 34.5 Å². The van der Waals surface area contributed by atoms with Gasteiger partial charge in [-0.2, -0.15) is 4.31 Å². The molecule has 7 nitrogen and oxygen atoms in total. The predicted molar refractivity (Wildman–Crippen MR) is 107 cm³/mol. The van der Waals surface area contributed by atoms with E-state index in [1.807, 2.05) is 13.8 Å². The van der Waals surface area contributed by atoms with Crippen LogP contribution in [0.4, 0.5) is 0 Å². The van der Waals surface area contributed by atoms with Crippen molar-refractivity contribution >= 4 is 10.0 Å². The van der Waals surface area contributed by atoms with Crippen molar-refractivity contribution in [3.63, 3.8) is 0 Å². The van der Waals surface area contributed by atoms with Crippen molar-refractivity contribution in [2.45, 2.75) is 25.3 Å². The van der Waals surface area contributed by atoms with E-state index in [9.17, 15) is 8.42 Å². The predicted octanol–water partition coefficient (Wildman–Crippen LogP) is 3.32. The van der Waals surface area contributed by atoms with Gasteiger partial charge in [0.05, 0.1) is 32.3 Å². The Bertz CT molecular complexity index is 898. The third kappa shape index (κ3) is 4.88. The van der Waals surface area contributed by atoms with Crippen LogP contribution in [0.15, 0.2) is 41.3 Å². The Morgan fingerprint density at radius 2 is 1.43 bits per heavy atom. The van der Waals surface area contributed by atoms with Crippen LogP contribution in [-0.4, -0.2) is 47.2 Å². The molecule has 0 aliphatic rings. The first-order valence-corrected chi connectivity index (χ1v) is 10.4. The summed E-state index contributed by atoms with van der Waals surface area (Å²) in [5.74, 6) is 2.06. The molecule has 0 aromatic heterocycles. The second-order valence-corrected chi connectivity index (χ2v) is 7.97. The van der Waals surface area contributed by atoms with E-state index in [1.165, 1.54) is 30.6 Å². The van der Waals surface area contributed by atoms with Gasteiger partial charge in [-0.1, -0.05) is 6.07 Å². The molecule has 2 rings (SSSR count). The van der Waals surface area contributed by atoms with E-state index < -0.39 is 10.0 Å². The molecule has 28 heavy (non-hydrogen) atoms. The zero-order chi connectivity index (χ0) is 20.7. The highest BCUT2D eigenvalue weighted by atomic mass is 32.2. The Balaban J connectivity index is 2.29. The standard InChI is InChI=1S/C20H27NO6S/c1-6-26-18-11-9-16(13-20(18)27-7-2)28(22,23)21(3)14-15-8-10-17(24-4)19(12-15)25-5/h8-13H,6-7,14H2,1-5H3. The van der Waals surface area contributed by atoms with Crippen LogP contribution >= 0.6 is 0 Å². The summed E-state index contributed by atoms with van der Waals surface area (Å²) < 4.78 is 48.8. The van der Waals surface area contributed by atoms with E-state index in [-0.39, 0.29) is 11.4 Å². The van der Waals surface area contributed by atoms with E-state index in [2.05, 4.69) is 0 Å². The van der Waals surface area contributed by atoms with Crippen LogP contribution in [0.25, 0.3) is 0 Å². The molecule has 0 spiro atoms. The fourth-order valence-corrected chi connectivity index (χ4v) is 3.87. The van der Waals surface area contributed by atoms with Crippen molar-refractivity contribution in [2.24, 2.45) is 0 Å². The summed E-state index contributed by atoms with van der Waals surface area (Å²) in [7, 11) is 0.902. The van der Waals surface area contributed by atoms with E-state index in [1.54, 1.807) is 31.4 Å². The van der Waals surface area contributed by atoms with Crippen LogP contribution in [0.2, 0.25) is 0 Å². The smallest absolute Gasteiger partial charge is 0.243 e. The summed E-state index contributed by atoms with van der Waals surface area (Å²) >= 11 is 0. The molecule has 2 aromatic carbocycles. The first-order chi connectivity index (χ1) is 13.4. The van der Waals surface area contributed by atoms with Crippen LogP contribution < -0.4 is 18.9 Å². The minimum absolute atomic E-state index is 0.141. The Kier molecular flexibility index (Phi) is 7.53. The third-order valence-electron chi connectivity index (χ3n) is 4.08. The van der Waals surface area contributed by atoms with Gasteiger partial charge in [0.2, 0.25) is 10.0 Å². The summed E-state index contributed by atoms with van der Waals surface area (Å²) in [6.45, 7) is 4.74. The van der Waals surface area contributed by atoms with Gasteiger partial charge in [0.15, 0.2) is 23.0 Å². The normalized spacial score (nSPS) is 11.4. The Labute approximate surface area is 166 Å². The number of nitrogens with zero attached hydrogens (tertiary/aromatic N) is 1. The SMILES string of the molecule is CCOc1ccc(S(=O)(=O)N(C)Cc2ccc(OC)c(OC)c2)cc1OCC. The lowest BCUT2D eigenvalue weighted by Gasteiger charge is -2.19. The lowest BCUT2D eigenvalue weighted by molar-refractivity contribution is 0.287. The Morgan fingerprint density at radius 1 is 0.821 bits per heavy atom. The first-order valence-electron chi connectivity index (χ1n) is 8.94. The average Bonchev–Trinajstić information content (AvgIpc) is 2.69. The molecule has 0 fully saturated rings. The zero-order valence-corrected chi connectivity index (χ0v) is 17.7. The zero-order valence-electron chi connectivity index (χ0n) is 16.9. The number of hydrogen-bond acceptors (Lipinski definition) is 6. The number of rotatable bonds is 10. The number of sulfonamides is 1. The highest BCUT2D eigenvalue weighted by Gasteiger charge is 2.23. The minimum Gasteiger partial charge on any atom is -0.493 e. The number of ether oxygens (including phenoxy) is 4. The van der Waals surface area contributed by atoms with Gasteiger partial charge in [-0.05, 0) is 43.7 Å². The van der Waals surface area contributed by atoms with Crippen molar-refractivity contribution in [1.29, 1.82) is 0 Å². The molecule has 0 heterocycles. The van der Waals surface area contributed by atoms with Gasteiger partial charge >= 0.3 is 0 Å². The van der Waals surface area contributed by atoms with E-state index in [4.69, 9.17) is 18.9 Å². The largest absolute Gasteiger partial charge is 0.493 e. The summed E-state index contributed by atoms with van der Waals surface area (Å²) in [5, 5.41) is 0. The van der Waals surface area contributed by atoms with Crippen LogP contribution in [0, 0.1) is 0 Å². The lowest BCUT2D eigenvalue weighted by atomic mass is 10.2. The molecule has 0 amide bonds. The van der Waals surface area contributed by atoms with E-state index >= 15 is 0 Å². The minimum atomic E-state index is -3.72. The third-order valence-corrected chi connectivity index (χ3v) is 5.88. The molecular formula is C20H27NO6S. The number of hydrogen-bond donors (Lipinski definition) is 0. The van der Waals surface area contributed by atoms with Crippen LogP contribution in [-0.2, 0) is 16.6 Å². The molecule has 8 heteroatoms. The highest BCUT2D eigenvalue weighted by Crippen LogP contribution is 2.32. The molecule has 0 saturated carbocycles. The number of benzene rings is 2. The van der Waals surface area contributed by atoms with Crippen molar-refractivity contribution in [3.05, 3.63) is 42.0 Å². The molecule has 0 N–H and O–H groups in total. The van der Waals surface area contributed by atoms with Gasteiger partial charge in [-0.3, -0.25) is 0 Å². The van der Waals surface area contributed by atoms with E-state index in [0.717, 1.165) is 5.56 Å². The maximum atomic E-state index is 13.0. The van der Waals surface area contributed by atoms with E-state index in [0.29, 0.717) is 36.2 Å². The fourth-order valence-electron chi connectivity index (χ4n) is 2.69. The molecule has 0 aliphatic carbocycles.